The SMILES string of the molecule is CCC1CN(CC(=O)NC2CCCCC2)CCC1CN. The Bertz CT molecular complexity index is 302. The summed E-state index contributed by atoms with van der Waals surface area (Å²) in [6, 6.07) is 0.430. The number of amides is 1. The molecule has 3 N–H and O–H groups in total. The lowest BCUT2D eigenvalue weighted by atomic mass is 9.84. The first-order valence-electron chi connectivity index (χ1n) is 8.44. The van der Waals surface area contributed by atoms with Gasteiger partial charge in [0.05, 0.1) is 6.54 Å². The molecule has 116 valence electrons. The van der Waals surface area contributed by atoms with E-state index in [1.54, 1.807) is 0 Å². The summed E-state index contributed by atoms with van der Waals surface area (Å²) >= 11 is 0. The normalized spacial score (nSPS) is 29.3. The number of carbonyl (C=O) groups excluding carboxylic acids is 1. The Morgan fingerprint density at radius 3 is 2.60 bits per heavy atom. The quantitative estimate of drug-likeness (QED) is 0.807. The fourth-order valence-electron chi connectivity index (χ4n) is 3.80. The van der Waals surface area contributed by atoms with Crippen molar-refractivity contribution in [1.29, 1.82) is 0 Å². The maximum atomic E-state index is 12.1. The van der Waals surface area contributed by atoms with Gasteiger partial charge in [0.25, 0.3) is 0 Å². The maximum Gasteiger partial charge on any atom is 0.234 e. The molecule has 0 spiro atoms. The van der Waals surface area contributed by atoms with Crippen LogP contribution in [0.1, 0.15) is 51.9 Å². The van der Waals surface area contributed by atoms with Gasteiger partial charge in [0, 0.05) is 12.6 Å². The van der Waals surface area contributed by atoms with Gasteiger partial charge in [-0.05, 0) is 44.2 Å². The second kappa shape index (κ2) is 7.99. The molecule has 0 aromatic carbocycles. The lowest BCUT2D eigenvalue weighted by Gasteiger charge is -2.37. The number of hydrogen-bond donors (Lipinski definition) is 2. The fourth-order valence-corrected chi connectivity index (χ4v) is 3.80. The molecule has 0 aromatic heterocycles. The molecule has 0 bridgehead atoms. The number of piperidine rings is 1. The number of rotatable bonds is 5. The Labute approximate surface area is 123 Å². The predicted octanol–water partition coefficient (Wildman–Crippen LogP) is 1.74. The van der Waals surface area contributed by atoms with Crippen molar-refractivity contribution < 1.29 is 4.79 Å². The van der Waals surface area contributed by atoms with Crippen LogP contribution in [0.4, 0.5) is 0 Å². The van der Waals surface area contributed by atoms with Gasteiger partial charge in [-0.1, -0.05) is 32.6 Å². The van der Waals surface area contributed by atoms with Crippen molar-refractivity contribution in [3.8, 4) is 0 Å². The van der Waals surface area contributed by atoms with Gasteiger partial charge in [0.15, 0.2) is 0 Å². The van der Waals surface area contributed by atoms with Crippen LogP contribution >= 0.6 is 0 Å². The van der Waals surface area contributed by atoms with Gasteiger partial charge in [0.2, 0.25) is 5.91 Å². The summed E-state index contributed by atoms with van der Waals surface area (Å²) in [7, 11) is 0. The number of nitrogens with two attached hydrogens (primary N) is 1. The molecular formula is C16H31N3O. The van der Waals surface area contributed by atoms with Crippen LogP contribution < -0.4 is 11.1 Å². The van der Waals surface area contributed by atoms with Crippen molar-refractivity contribution in [3.63, 3.8) is 0 Å². The minimum atomic E-state index is 0.220. The smallest absolute Gasteiger partial charge is 0.234 e. The van der Waals surface area contributed by atoms with E-state index in [2.05, 4.69) is 17.1 Å². The summed E-state index contributed by atoms with van der Waals surface area (Å²) in [4.78, 5) is 14.5. The molecule has 1 saturated carbocycles. The van der Waals surface area contributed by atoms with Gasteiger partial charge in [-0.3, -0.25) is 9.69 Å². The van der Waals surface area contributed by atoms with E-state index in [-0.39, 0.29) is 5.91 Å². The molecule has 2 atom stereocenters. The van der Waals surface area contributed by atoms with E-state index in [4.69, 9.17) is 5.73 Å². The van der Waals surface area contributed by atoms with E-state index in [1.165, 1.54) is 38.5 Å². The van der Waals surface area contributed by atoms with Crippen LogP contribution in [0.25, 0.3) is 0 Å². The Morgan fingerprint density at radius 2 is 1.95 bits per heavy atom. The van der Waals surface area contributed by atoms with E-state index in [0.717, 1.165) is 26.1 Å². The molecule has 4 heteroatoms. The second-order valence-electron chi connectivity index (χ2n) is 6.59. The van der Waals surface area contributed by atoms with Crippen molar-refractivity contribution >= 4 is 5.91 Å². The Kier molecular flexibility index (Phi) is 6.30. The van der Waals surface area contributed by atoms with Crippen LogP contribution in [0, 0.1) is 11.8 Å². The second-order valence-corrected chi connectivity index (χ2v) is 6.59. The molecule has 1 aliphatic carbocycles. The number of nitrogens with one attached hydrogen (secondary N) is 1. The first kappa shape index (κ1) is 15.8. The van der Waals surface area contributed by atoms with Crippen molar-refractivity contribution in [1.82, 2.24) is 10.2 Å². The zero-order valence-electron chi connectivity index (χ0n) is 12.9. The van der Waals surface area contributed by atoms with Crippen LogP contribution in [0.3, 0.4) is 0 Å². The van der Waals surface area contributed by atoms with Crippen molar-refractivity contribution in [2.75, 3.05) is 26.2 Å². The maximum absolute atomic E-state index is 12.1. The monoisotopic (exact) mass is 281 g/mol. The Balaban J connectivity index is 1.73. The molecule has 2 fully saturated rings. The van der Waals surface area contributed by atoms with E-state index >= 15 is 0 Å². The van der Waals surface area contributed by atoms with Gasteiger partial charge in [0.1, 0.15) is 0 Å². The Hall–Kier alpha value is -0.610. The summed E-state index contributed by atoms with van der Waals surface area (Å²) in [6.45, 7) is 5.66. The molecule has 2 aliphatic rings. The zero-order valence-corrected chi connectivity index (χ0v) is 12.9. The van der Waals surface area contributed by atoms with E-state index in [0.29, 0.717) is 24.4 Å². The summed E-state index contributed by atoms with van der Waals surface area (Å²) in [5.41, 5.74) is 5.84. The molecule has 0 aromatic rings. The molecule has 2 rings (SSSR count). The highest BCUT2D eigenvalue weighted by molar-refractivity contribution is 5.78. The minimum Gasteiger partial charge on any atom is -0.352 e. The number of nitrogens with zero attached hydrogens (tertiary/aromatic N) is 1. The van der Waals surface area contributed by atoms with E-state index in [9.17, 15) is 4.79 Å². The molecule has 20 heavy (non-hydrogen) atoms. The van der Waals surface area contributed by atoms with Gasteiger partial charge in [-0.15, -0.1) is 0 Å². The molecule has 0 radical (unpaired) electrons. The van der Waals surface area contributed by atoms with Crippen LogP contribution in [0.15, 0.2) is 0 Å². The van der Waals surface area contributed by atoms with Crippen LogP contribution in [0.2, 0.25) is 0 Å². The van der Waals surface area contributed by atoms with E-state index < -0.39 is 0 Å². The summed E-state index contributed by atoms with van der Waals surface area (Å²) in [6.07, 6.45) is 8.51. The third kappa shape index (κ3) is 4.45. The first-order valence-corrected chi connectivity index (χ1v) is 8.44. The predicted molar refractivity (Wildman–Crippen MR) is 82.4 cm³/mol. The van der Waals surface area contributed by atoms with Crippen molar-refractivity contribution in [2.45, 2.75) is 57.9 Å². The molecule has 1 heterocycles. The fraction of sp³-hybridized carbons (Fsp3) is 0.938. The topological polar surface area (TPSA) is 58.4 Å². The lowest BCUT2D eigenvalue weighted by Crippen LogP contribution is -2.48. The van der Waals surface area contributed by atoms with Gasteiger partial charge in [-0.25, -0.2) is 0 Å². The summed E-state index contributed by atoms with van der Waals surface area (Å²) < 4.78 is 0. The molecular weight excluding hydrogens is 250 g/mol. The molecule has 1 saturated heterocycles. The van der Waals surface area contributed by atoms with E-state index in [1.807, 2.05) is 0 Å². The van der Waals surface area contributed by atoms with Crippen LogP contribution in [-0.4, -0.2) is 43.0 Å². The Morgan fingerprint density at radius 1 is 1.20 bits per heavy atom. The van der Waals surface area contributed by atoms with Crippen LogP contribution in [-0.2, 0) is 4.79 Å². The zero-order chi connectivity index (χ0) is 14.4. The lowest BCUT2D eigenvalue weighted by molar-refractivity contribution is -0.123. The van der Waals surface area contributed by atoms with Gasteiger partial charge in [-0.2, -0.15) is 0 Å². The molecule has 1 aliphatic heterocycles. The summed E-state index contributed by atoms with van der Waals surface area (Å²) in [5, 5.41) is 3.22. The highest BCUT2D eigenvalue weighted by atomic mass is 16.2. The van der Waals surface area contributed by atoms with Crippen molar-refractivity contribution in [2.24, 2.45) is 17.6 Å². The van der Waals surface area contributed by atoms with Gasteiger partial charge < -0.3 is 11.1 Å². The largest absolute Gasteiger partial charge is 0.352 e. The highest BCUT2D eigenvalue weighted by Crippen LogP contribution is 2.25. The highest BCUT2D eigenvalue weighted by Gasteiger charge is 2.28. The standard InChI is InChI=1S/C16H31N3O/c1-2-13-11-19(9-8-14(13)10-17)12-16(20)18-15-6-4-3-5-7-15/h13-15H,2-12,17H2,1H3,(H,18,20). The first-order chi connectivity index (χ1) is 9.72. The van der Waals surface area contributed by atoms with Gasteiger partial charge >= 0.3 is 0 Å². The third-order valence-electron chi connectivity index (χ3n) is 5.14. The van der Waals surface area contributed by atoms with Crippen LogP contribution in [0.5, 0.6) is 0 Å². The summed E-state index contributed by atoms with van der Waals surface area (Å²) in [5.74, 6) is 1.53. The van der Waals surface area contributed by atoms with Crippen molar-refractivity contribution in [3.05, 3.63) is 0 Å². The number of likely N-dealkylation sites (tertiary alicyclic amines) is 1. The number of hydrogen-bond acceptors (Lipinski definition) is 3. The minimum absolute atomic E-state index is 0.220. The molecule has 4 nitrogen and oxygen atoms in total. The average Bonchev–Trinajstić information content (AvgIpc) is 2.48. The molecule has 2 unspecified atom stereocenters. The molecule has 1 amide bonds. The number of carbonyl (C=O) groups is 1. The average molecular weight is 281 g/mol. The third-order valence-corrected chi connectivity index (χ3v) is 5.14.